The van der Waals surface area contributed by atoms with E-state index in [0.717, 1.165) is 26.1 Å². The van der Waals surface area contributed by atoms with Gasteiger partial charge in [0.05, 0.1) is 0 Å². The van der Waals surface area contributed by atoms with Crippen molar-refractivity contribution in [3.63, 3.8) is 0 Å². The fourth-order valence-corrected chi connectivity index (χ4v) is 1.48. The van der Waals surface area contributed by atoms with Crippen LogP contribution in [0.5, 0.6) is 0 Å². The molecule has 0 aromatic carbocycles. The minimum absolute atomic E-state index is 0.144. The third kappa shape index (κ3) is 4.61. The monoisotopic (exact) mass is 200 g/mol. The number of amides is 1. The smallest absolute Gasteiger partial charge is 0.224 e. The van der Waals surface area contributed by atoms with E-state index >= 15 is 0 Å². The minimum atomic E-state index is 0.144. The zero-order chi connectivity index (χ0) is 11.1. The lowest BCUT2D eigenvalue weighted by Crippen LogP contribution is -2.32. The number of hydrogen-bond acceptors (Lipinski definition) is 2. The highest BCUT2D eigenvalue weighted by molar-refractivity contribution is 5.77. The van der Waals surface area contributed by atoms with Crippen LogP contribution in [0.2, 0.25) is 0 Å². The molecule has 0 aromatic rings. The summed E-state index contributed by atoms with van der Waals surface area (Å²) in [5.41, 5.74) is 0. The molecule has 0 aliphatic carbocycles. The molecule has 14 heavy (non-hydrogen) atoms. The Morgan fingerprint density at radius 3 is 2.07 bits per heavy atom. The van der Waals surface area contributed by atoms with Gasteiger partial charge in [-0.15, -0.1) is 0 Å². The van der Waals surface area contributed by atoms with E-state index < -0.39 is 0 Å². The largest absolute Gasteiger partial charge is 0.349 e. The van der Waals surface area contributed by atoms with E-state index in [1.54, 1.807) is 4.90 Å². The van der Waals surface area contributed by atoms with Gasteiger partial charge in [0, 0.05) is 20.0 Å². The molecule has 0 saturated heterocycles. The number of carbonyl (C=O) groups excluding carboxylic acids is 1. The van der Waals surface area contributed by atoms with Crippen molar-refractivity contribution in [1.82, 2.24) is 9.80 Å². The van der Waals surface area contributed by atoms with Crippen LogP contribution >= 0.6 is 0 Å². The Morgan fingerprint density at radius 2 is 1.71 bits per heavy atom. The van der Waals surface area contributed by atoms with Gasteiger partial charge in [0.15, 0.2) is 0 Å². The van der Waals surface area contributed by atoms with Gasteiger partial charge in [0.25, 0.3) is 0 Å². The lowest BCUT2D eigenvalue weighted by atomic mass is 10.1. The molecule has 84 valence electrons. The van der Waals surface area contributed by atoms with E-state index in [1.165, 1.54) is 0 Å². The maximum Gasteiger partial charge on any atom is 0.224 e. The number of carbonyl (C=O) groups is 1. The van der Waals surface area contributed by atoms with Crippen LogP contribution in [-0.2, 0) is 4.79 Å². The molecule has 1 unspecified atom stereocenters. The summed E-state index contributed by atoms with van der Waals surface area (Å²) in [7, 11) is 3.63. The van der Waals surface area contributed by atoms with E-state index in [1.807, 2.05) is 21.0 Å². The fourth-order valence-electron chi connectivity index (χ4n) is 1.48. The zero-order valence-corrected chi connectivity index (χ0v) is 10.2. The van der Waals surface area contributed by atoms with Crippen molar-refractivity contribution in [3.05, 3.63) is 0 Å². The maximum atomic E-state index is 11.5. The molecule has 3 nitrogen and oxygen atoms in total. The van der Waals surface area contributed by atoms with Crippen molar-refractivity contribution in [2.75, 3.05) is 33.7 Å². The molecule has 0 aromatic heterocycles. The molecule has 0 fully saturated rings. The Labute approximate surface area is 88.1 Å². The summed E-state index contributed by atoms with van der Waals surface area (Å²) in [6.07, 6.45) is 0.957. The molecule has 1 amide bonds. The third-order valence-electron chi connectivity index (χ3n) is 2.64. The van der Waals surface area contributed by atoms with Crippen LogP contribution in [0.15, 0.2) is 0 Å². The van der Waals surface area contributed by atoms with E-state index in [0.29, 0.717) is 0 Å². The number of nitrogens with zero attached hydrogens (tertiary/aromatic N) is 2. The van der Waals surface area contributed by atoms with E-state index in [9.17, 15) is 4.79 Å². The Kier molecular flexibility index (Phi) is 6.54. The van der Waals surface area contributed by atoms with Crippen molar-refractivity contribution in [3.8, 4) is 0 Å². The van der Waals surface area contributed by atoms with Crippen molar-refractivity contribution < 1.29 is 4.79 Å². The van der Waals surface area contributed by atoms with Crippen LogP contribution in [0.4, 0.5) is 0 Å². The molecule has 0 spiro atoms. The highest BCUT2D eigenvalue weighted by Gasteiger charge is 2.15. The van der Waals surface area contributed by atoms with Gasteiger partial charge in [0.2, 0.25) is 5.91 Å². The summed E-state index contributed by atoms with van der Waals surface area (Å²) in [6.45, 7) is 9.47. The summed E-state index contributed by atoms with van der Waals surface area (Å²) < 4.78 is 0. The average molecular weight is 200 g/mol. The van der Waals surface area contributed by atoms with Gasteiger partial charge in [-0.2, -0.15) is 0 Å². The second-order valence-corrected chi connectivity index (χ2v) is 3.95. The highest BCUT2D eigenvalue weighted by atomic mass is 16.2. The van der Waals surface area contributed by atoms with E-state index in [4.69, 9.17) is 0 Å². The first-order chi connectivity index (χ1) is 6.52. The maximum absolute atomic E-state index is 11.5. The molecule has 0 saturated carbocycles. The lowest BCUT2D eigenvalue weighted by Gasteiger charge is -2.21. The first-order valence-corrected chi connectivity index (χ1v) is 5.46. The Morgan fingerprint density at radius 1 is 1.21 bits per heavy atom. The van der Waals surface area contributed by atoms with Crippen LogP contribution in [0.1, 0.15) is 27.2 Å². The van der Waals surface area contributed by atoms with Crippen molar-refractivity contribution in [2.24, 2.45) is 5.92 Å². The number of hydrogen-bond donors (Lipinski definition) is 0. The van der Waals surface area contributed by atoms with Gasteiger partial charge in [0.1, 0.15) is 0 Å². The van der Waals surface area contributed by atoms with Crippen molar-refractivity contribution in [1.29, 1.82) is 0 Å². The van der Waals surface area contributed by atoms with Crippen molar-refractivity contribution >= 4 is 5.91 Å². The van der Waals surface area contributed by atoms with E-state index in [2.05, 4.69) is 18.7 Å². The van der Waals surface area contributed by atoms with Gasteiger partial charge in [-0.1, -0.05) is 20.8 Å². The quantitative estimate of drug-likeness (QED) is 0.648. The Balaban J connectivity index is 3.83. The highest BCUT2D eigenvalue weighted by Crippen LogP contribution is 2.06. The molecule has 0 aliphatic rings. The summed E-state index contributed by atoms with van der Waals surface area (Å²) in [6, 6.07) is 0. The molecule has 0 heterocycles. The molecule has 0 radical (unpaired) electrons. The van der Waals surface area contributed by atoms with Crippen LogP contribution in [0.3, 0.4) is 0 Å². The second kappa shape index (κ2) is 6.82. The van der Waals surface area contributed by atoms with E-state index in [-0.39, 0.29) is 11.8 Å². The van der Waals surface area contributed by atoms with Gasteiger partial charge in [-0.25, -0.2) is 0 Å². The topological polar surface area (TPSA) is 23.6 Å². The molecule has 0 N–H and O–H groups in total. The normalized spacial score (nSPS) is 13.0. The molecular weight excluding hydrogens is 176 g/mol. The van der Waals surface area contributed by atoms with Gasteiger partial charge < -0.3 is 9.80 Å². The number of rotatable bonds is 6. The predicted octanol–water partition coefficient (Wildman–Crippen LogP) is 1.44. The molecule has 1 atom stereocenters. The Bertz CT molecular complexity index is 165. The predicted molar refractivity (Wildman–Crippen MR) is 60.3 cm³/mol. The second-order valence-electron chi connectivity index (χ2n) is 3.95. The molecule has 0 bridgehead atoms. The summed E-state index contributed by atoms with van der Waals surface area (Å²) in [5, 5.41) is 0. The first kappa shape index (κ1) is 13.4. The van der Waals surface area contributed by atoms with Gasteiger partial charge >= 0.3 is 0 Å². The molecule has 3 heteroatoms. The van der Waals surface area contributed by atoms with Gasteiger partial charge in [-0.3, -0.25) is 4.79 Å². The summed E-state index contributed by atoms with van der Waals surface area (Å²) >= 11 is 0. The molecule has 0 rings (SSSR count). The first-order valence-electron chi connectivity index (χ1n) is 5.46. The zero-order valence-electron chi connectivity index (χ0n) is 10.2. The summed E-state index contributed by atoms with van der Waals surface area (Å²) in [4.78, 5) is 15.6. The fraction of sp³-hybridized carbons (Fsp3) is 0.909. The Hall–Kier alpha value is -0.570. The SMILES string of the molecule is CCN(CC)CCC(C)C(=O)N(C)C. The van der Waals surface area contributed by atoms with Crippen LogP contribution in [0, 0.1) is 5.92 Å². The molecular formula is C11H24N2O. The molecule has 0 aliphatic heterocycles. The van der Waals surface area contributed by atoms with Crippen LogP contribution < -0.4 is 0 Å². The third-order valence-corrected chi connectivity index (χ3v) is 2.64. The lowest BCUT2D eigenvalue weighted by molar-refractivity contribution is -0.132. The average Bonchev–Trinajstić information content (AvgIpc) is 2.17. The van der Waals surface area contributed by atoms with Crippen molar-refractivity contribution in [2.45, 2.75) is 27.2 Å². The standard InChI is InChI=1S/C11H24N2O/c1-6-13(7-2)9-8-10(3)11(14)12(4)5/h10H,6-9H2,1-5H3. The summed E-state index contributed by atoms with van der Waals surface area (Å²) in [5.74, 6) is 0.378. The minimum Gasteiger partial charge on any atom is -0.349 e. The van der Waals surface area contributed by atoms with Crippen LogP contribution in [0.25, 0.3) is 0 Å². The van der Waals surface area contributed by atoms with Crippen LogP contribution in [-0.4, -0.2) is 49.4 Å². The van der Waals surface area contributed by atoms with Gasteiger partial charge in [-0.05, 0) is 26.1 Å².